The fraction of sp³-hybridized carbons (Fsp3) is 0.400. The number of ether oxygens (including phenoxy) is 1. The Kier molecular flexibility index (Phi) is 7.04. The van der Waals surface area contributed by atoms with Crippen molar-refractivity contribution in [3.8, 4) is 41.1 Å². The van der Waals surface area contributed by atoms with Crippen LogP contribution in [0.3, 0.4) is 0 Å². The van der Waals surface area contributed by atoms with Crippen LogP contribution in [0.25, 0.3) is 22.8 Å². The fourth-order valence-corrected chi connectivity index (χ4v) is 3.90. The minimum Gasteiger partial charge on any atom is -0.474 e. The number of hydrogen-bond donors (Lipinski definition) is 2. The van der Waals surface area contributed by atoms with Crippen molar-refractivity contribution in [3.05, 3.63) is 47.2 Å². The van der Waals surface area contributed by atoms with Gasteiger partial charge in [-0.2, -0.15) is 4.98 Å². The molecule has 3 heterocycles. The first-order valence-corrected chi connectivity index (χ1v) is 11.1. The number of pyridine rings is 1. The van der Waals surface area contributed by atoms with Crippen molar-refractivity contribution in [2.24, 2.45) is 0 Å². The lowest BCUT2D eigenvalue weighted by Crippen LogP contribution is -2.35. The van der Waals surface area contributed by atoms with Gasteiger partial charge < -0.3 is 24.4 Å². The molecule has 0 saturated carbocycles. The largest absolute Gasteiger partial charge is 0.474 e. The lowest BCUT2D eigenvalue weighted by molar-refractivity contribution is 0.0605. The van der Waals surface area contributed by atoms with E-state index in [1.54, 1.807) is 12.3 Å². The molecule has 0 amide bonds. The molecule has 1 aromatic carbocycles. The van der Waals surface area contributed by atoms with Gasteiger partial charge in [-0.3, -0.25) is 0 Å². The van der Waals surface area contributed by atoms with Gasteiger partial charge in [0.1, 0.15) is 0 Å². The van der Waals surface area contributed by atoms with Crippen LogP contribution in [0.1, 0.15) is 30.5 Å². The second-order valence-electron chi connectivity index (χ2n) is 8.43. The summed E-state index contributed by atoms with van der Waals surface area (Å²) < 4.78 is 11.1. The standard InChI is InChI=1S/C25H28N4O4/c1-4-17-11-21(13-26-24(17)32-16(2)3)25-27-23(28-33-25)20-6-5-18-7-9-29(14-22(31)15-30)10-8-19(18)12-20/h1,5-6,11-13,16,22,30-31H,7-10,14-15H2,2-3H3/t22-/m0/s1. The van der Waals surface area contributed by atoms with E-state index in [1.165, 1.54) is 11.1 Å². The predicted octanol–water partition coefficient (Wildman–Crippen LogP) is 2.32. The van der Waals surface area contributed by atoms with E-state index in [-0.39, 0.29) is 12.7 Å². The van der Waals surface area contributed by atoms with Crippen molar-refractivity contribution < 1.29 is 19.5 Å². The summed E-state index contributed by atoms with van der Waals surface area (Å²) in [6.45, 7) is 5.74. The lowest BCUT2D eigenvalue weighted by atomic mass is 10.00. The third-order valence-corrected chi connectivity index (χ3v) is 5.57. The molecule has 0 aliphatic carbocycles. The highest BCUT2D eigenvalue weighted by Gasteiger charge is 2.19. The highest BCUT2D eigenvalue weighted by Crippen LogP contribution is 2.27. The van der Waals surface area contributed by atoms with Crippen molar-refractivity contribution in [2.75, 3.05) is 26.2 Å². The molecule has 4 rings (SSSR count). The molecule has 172 valence electrons. The topological polar surface area (TPSA) is 105 Å². The lowest BCUT2D eigenvalue weighted by Gasteiger charge is -2.21. The van der Waals surface area contributed by atoms with Crippen LogP contribution in [-0.2, 0) is 12.8 Å². The van der Waals surface area contributed by atoms with Gasteiger partial charge >= 0.3 is 0 Å². The second-order valence-corrected chi connectivity index (χ2v) is 8.43. The Morgan fingerprint density at radius 1 is 1.18 bits per heavy atom. The number of aliphatic hydroxyl groups is 2. The molecule has 2 aromatic heterocycles. The number of fused-ring (bicyclic) bond motifs is 1. The van der Waals surface area contributed by atoms with Gasteiger partial charge in [0.15, 0.2) is 0 Å². The highest BCUT2D eigenvalue weighted by atomic mass is 16.5. The molecule has 33 heavy (non-hydrogen) atoms. The molecule has 0 unspecified atom stereocenters. The fourth-order valence-electron chi connectivity index (χ4n) is 3.90. The summed E-state index contributed by atoms with van der Waals surface area (Å²) in [5.74, 6) is 3.83. The average molecular weight is 449 g/mol. The average Bonchev–Trinajstić information content (AvgIpc) is 3.22. The van der Waals surface area contributed by atoms with Crippen LogP contribution < -0.4 is 4.74 Å². The molecule has 0 bridgehead atoms. The Labute approximate surface area is 193 Å². The maximum atomic E-state index is 9.75. The van der Waals surface area contributed by atoms with E-state index >= 15 is 0 Å². The van der Waals surface area contributed by atoms with Crippen LogP contribution in [0, 0.1) is 12.3 Å². The van der Waals surface area contributed by atoms with Crippen molar-refractivity contribution in [2.45, 2.75) is 38.9 Å². The summed E-state index contributed by atoms with van der Waals surface area (Å²) in [6, 6.07) is 7.95. The maximum Gasteiger partial charge on any atom is 0.259 e. The van der Waals surface area contributed by atoms with E-state index in [1.807, 2.05) is 19.9 Å². The number of β-amino-alcohol motifs (C(OH)–C–C–N with tert-alkyl or cyclic N) is 1. The monoisotopic (exact) mass is 448 g/mol. The summed E-state index contributed by atoms with van der Waals surface area (Å²) in [4.78, 5) is 11.1. The molecule has 0 spiro atoms. The minimum atomic E-state index is -0.713. The Morgan fingerprint density at radius 3 is 2.70 bits per heavy atom. The Morgan fingerprint density at radius 2 is 1.97 bits per heavy atom. The molecule has 1 aliphatic rings. The van der Waals surface area contributed by atoms with Crippen molar-refractivity contribution in [1.29, 1.82) is 0 Å². The number of nitrogens with zero attached hydrogens (tertiary/aromatic N) is 4. The maximum absolute atomic E-state index is 9.75. The van der Waals surface area contributed by atoms with Crippen LogP contribution in [0.15, 0.2) is 35.0 Å². The first-order valence-electron chi connectivity index (χ1n) is 11.1. The van der Waals surface area contributed by atoms with Crippen LogP contribution >= 0.6 is 0 Å². The van der Waals surface area contributed by atoms with Gasteiger partial charge in [-0.1, -0.05) is 23.2 Å². The van der Waals surface area contributed by atoms with Gasteiger partial charge in [0, 0.05) is 31.4 Å². The number of rotatable bonds is 7. The molecule has 0 saturated heterocycles. The molecule has 8 nitrogen and oxygen atoms in total. The molecule has 1 atom stereocenters. The molecule has 8 heteroatoms. The molecular formula is C25H28N4O4. The third kappa shape index (κ3) is 5.40. The van der Waals surface area contributed by atoms with Crippen LogP contribution in [0.4, 0.5) is 0 Å². The second kappa shape index (κ2) is 10.1. The summed E-state index contributed by atoms with van der Waals surface area (Å²) in [5.41, 5.74) is 4.53. The Bertz CT molecular complexity index is 1150. The van der Waals surface area contributed by atoms with E-state index in [2.05, 4.69) is 38.1 Å². The SMILES string of the molecule is C#Cc1cc(-c2nc(-c3ccc4c(c3)CCN(C[C@H](O)CO)CC4)no2)cnc1OC(C)C. The van der Waals surface area contributed by atoms with Gasteiger partial charge in [-0.05, 0) is 49.9 Å². The summed E-state index contributed by atoms with van der Waals surface area (Å²) in [7, 11) is 0. The van der Waals surface area contributed by atoms with Crippen LogP contribution in [0.5, 0.6) is 5.88 Å². The van der Waals surface area contributed by atoms with Gasteiger partial charge in [0.05, 0.1) is 29.9 Å². The molecule has 3 aromatic rings. The number of terminal acetylenes is 1. The Hall–Kier alpha value is -3.25. The number of aromatic nitrogens is 3. The zero-order valence-corrected chi connectivity index (χ0v) is 18.9. The normalized spacial score (nSPS) is 15.0. The summed E-state index contributed by atoms with van der Waals surface area (Å²) in [6.07, 6.45) is 8.22. The predicted molar refractivity (Wildman–Crippen MR) is 124 cm³/mol. The van der Waals surface area contributed by atoms with Gasteiger partial charge in [0.2, 0.25) is 11.7 Å². The quantitative estimate of drug-likeness (QED) is 0.531. The molecular weight excluding hydrogens is 420 g/mol. The van der Waals surface area contributed by atoms with Crippen molar-refractivity contribution in [3.63, 3.8) is 0 Å². The van der Waals surface area contributed by atoms with Gasteiger partial charge in [-0.25, -0.2) is 4.98 Å². The first kappa shape index (κ1) is 22.9. The molecule has 2 N–H and O–H groups in total. The van der Waals surface area contributed by atoms with Crippen molar-refractivity contribution >= 4 is 0 Å². The van der Waals surface area contributed by atoms with E-state index < -0.39 is 6.10 Å². The summed E-state index contributed by atoms with van der Waals surface area (Å²) in [5, 5.41) is 23.0. The minimum absolute atomic E-state index is 0.0366. The third-order valence-electron chi connectivity index (χ3n) is 5.57. The number of benzene rings is 1. The van der Waals surface area contributed by atoms with E-state index in [0.29, 0.717) is 35.3 Å². The van der Waals surface area contributed by atoms with E-state index in [9.17, 15) is 5.11 Å². The number of aliphatic hydroxyl groups excluding tert-OH is 2. The molecule has 0 radical (unpaired) electrons. The smallest absolute Gasteiger partial charge is 0.259 e. The molecule has 1 aliphatic heterocycles. The zero-order chi connectivity index (χ0) is 23.4. The van der Waals surface area contributed by atoms with Crippen LogP contribution in [-0.4, -0.2) is 68.7 Å². The molecule has 0 fully saturated rings. The van der Waals surface area contributed by atoms with Gasteiger partial charge in [0.25, 0.3) is 5.89 Å². The highest BCUT2D eigenvalue weighted by molar-refractivity contribution is 5.62. The van der Waals surface area contributed by atoms with E-state index in [4.69, 9.17) is 20.8 Å². The number of hydrogen-bond acceptors (Lipinski definition) is 8. The van der Waals surface area contributed by atoms with Crippen LogP contribution in [0.2, 0.25) is 0 Å². The van der Waals surface area contributed by atoms with Gasteiger partial charge in [-0.15, -0.1) is 6.42 Å². The van der Waals surface area contributed by atoms with Crippen molar-refractivity contribution in [1.82, 2.24) is 20.0 Å². The zero-order valence-electron chi connectivity index (χ0n) is 18.9. The van der Waals surface area contributed by atoms with E-state index in [0.717, 1.165) is 31.5 Å². The Balaban J connectivity index is 1.53. The summed E-state index contributed by atoms with van der Waals surface area (Å²) >= 11 is 0. The first-order chi connectivity index (χ1) is 16.0.